The Balaban J connectivity index is 1.78. The van der Waals surface area contributed by atoms with Crippen molar-refractivity contribution < 1.29 is 19.2 Å². The predicted molar refractivity (Wildman–Crippen MR) is 135 cm³/mol. The average Bonchev–Trinajstić information content (AvgIpc) is 3.23. The molecule has 2 aromatic rings. The van der Waals surface area contributed by atoms with Gasteiger partial charge in [-0.2, -0.15) is 0 Å². The quantitative estimate of drug-likeness (QED) is 0.361. The zero-order valence-electron chi connectivity index (χ0n) is 20.0. The predicted octanol–water partition coefficient (Wildman–Crippen LogP) is 2.90. The van der Waals surface area contributed by atoms with Crippen LogP contribution >= 0.6 is 23.2 Å². The Bertz CT molecular complexity index is 1100. The lowest BCUT2D eigenvalue weighted by Gasteiger charge is -2.29. The third-order valence-electron chi connectivity index (χ3n) is 5.95. The number of aromatic nitrogens is 1. The van der Waals surface area contributed by atoms with Crippen LogP contribution in [0.1, 0.15) is 56.9 Å². The van der Waals surface area contributed by atoms with Gasteiger partial charge in [-0.15, -0.1) is 0 Å². The topological polar surface area (TPSA) is 146 Å². The van der Waals surface area contributed by atoms with Gasteiger partial charge in [0.2, 0.25) is 17.7 Å². The number of H-pyrrole nitrogens is 1. The number of nitrogens with two attached hydrogens (primary N) is 1. The van der Waals surface area contributed by atoms with Crippen molar-refractivity contribution in [2.45, 2.75) is 58.5 Å². The fraction of sp³-hybridized carbons (Fsp3) is 0.500. The zero-order valence-corrected chi connectivity index (χ0v) is 21.5. The van der Waals surface area contributed by atoms with Gasteiger partial charge in [-0.05, 0) is 49.3 Å². The summed E-state index contributed by atoms with van der Waals surface area (Å²) in [5, 5.41) is 9.58. The molecule has 1 fully saturated rings. The van der Waals surface area contributed by atoms with Crippen LogP contribution in [0.15, 0.2) is 18.2 Å². The standard InChI is InChI=1S/C24H31Cl2N5O4/c1-24(2,3)11-18(23(35)30-16(20(27)32)9-12-5-4-8-28-21(12)33)31-22(34)17-10-13-14(25)6-7-15(26)19(13)29-17/h6-7,10,12,16,18,29H,4-5,8-9,11H2,1-3H3,(H2,27,32)(H,28,33)(H,30,35)(H,31,34)/t12-,16-,18-/m0/s1. The molecule has 0 spiro atoms. The second-order valence-electron chi connectivity index (χ2n) is 10.1. The molecule has 3 atom stereocenters. The van der Waals surface area contributed by atoms with Crippen molar-refractivity contribution in [1.82, 2.24) is 20.9 Å². The number of rotatable bonds is 8. The summed E-state index contributed by atoms with van der Waals surface area (Å²) in [6.45, 7) is 6.38. The molecule has 1 aromatic heterocycles. The van der Waals surface area contributed by atoms with Crippen molar-refractivity contribution in [1.29, 1.82) is 0 Å². The van der Waals surface area contributed by atoms with Crippen molar-refractivity contribution >= 4 is 57.7 Å². The Morgan fingerprint density at radius 2 is 1.83 bits per heavy atom. The van der Waals surface area contributed by atoms with Crippen LogP contribution in [0.4, 0.5) is 0 Å². The van der Waals surface area contributed by atoms with Gasteiger partial charge in [-0.3, -0.25) is 19.2 Å². The summed E-state index contributed by atoms with van der Waals surface area (Å²) in [5.74, 6) is -2.40. The van der Waals surface area contributed by atoms with Crippen molar-refractivity contribution in [3.8, 4) is 0 Å². The number of carbonyl (C=O) groups is 4. The molecule has 0 saturated carbocycles. The van der Waals surface area contributed by atoms with E-state index in [-0.39, 0.29) is 23.4 Å². The van der Waals surface area contributed by atoms with E-state index in [1.54, 1.807) is 18.2 Å². The zero-order chi connectivity index (χ0) is 25.9. The van der Waals surface area contributed by atoms with E-state index in [2.05, 4.69) is 20.9 Å². The molecule has 0 aliphatic carbocycles. The highest BCUT2D eigenvalue weighted by Gasteiger charge is 2.33. The van der Waals surface area contributed by atoms with E-state index in [9.17, 15) is 19.2 Å². The van der Waals surface area contributed by atoms with E-state index >= 15 is 0 Å². The molecule has 9 nitrogen and oxygen atoms in total. The first-order chi connectivity index (χ1) is 16.4. The summed E-state index contributed by atoms with van der Waals surface area (Å²) in [5.41, 5.74) is 5.91. The van der Waals surface area contributed by atoms with E-state index in [0.29, 0.717) is 40.3 Å². The number of piperidine rings is 1. The Kier molecular flexibility index (Phi) is 8.33. The normalized spacial score (nSPS) is 18.0. The maximum absolute atomic E-state index is 13.2. The van der Waals surface area contributed by atoms with Gasteiger partial charge >= 0.3 is 0 Å². The summed E-state index contributed by atoms with van der Waals surface area (Å²) in [4.78, 5) is 53.5. The maximum Gasteiger partial charge on any atom is 0.268 e. The highest BCUT2D eigenvalue weighted by atomic mass is 35.5. The minimum absolute atomic E-state index is 0.0993. The Morgan fingerprint density at radius 1 is 1.14 bits per heavy atom. The Labute approximate surface area is 213 Å². The molecule has 35 heavy (non-hydrogen) atoms. The molecule has 0 bridgehead atoms. The number of nitrogens with one attached hydrogen (secondary N) is 4. The highest BCUT2D eigenvalue weighted by Crippen LogP contribution is 2.30. The molecule has 1 aliphatic heterocycles. The molecular weight excluding hydrogens is 493 g/mol. The fourth-order valence-corrected chi connectivity index (χ4v) is 4.62. The van der Waals surface area contributed by atoms with E-state index in [0.717, 1.165) is 6.42 Å². The molecule has 1 saturated heterocycles. The van der Waals surface area contributed by atoms with Gasteiger partial charge in [0.05, 0.1) is 15.6 Å². The van der Waals surface area contributed by atoms with Crippen LogP contribution < -0.4 is 21.7 Å². The Hall–Kier alpha value is -2.78. The summed E-state index contributed by atoms with van der Waals surface area (Å²) in [7, 11) is 0. The van der Waals surface area contributed by atoms with Crippen LogP contribution in [0.25, 0.3) is 10.9 Å². The first kappa shape index (κ1) is 26.8. The molecule has 190 valence electrons. The van der Waals surface area contributed by atoms with Gasteiger partial charge in [-0.1, -0.05) is 44.0 Å². The van der Waals surface area contributed by atoms with Gasteiger partial charge in [0.25, 0.3) is 5.91 Å². The minimum atomic E-state index is -1.04. The molecule has 0 unspecified atom stereocenters. The van der Waals surface area contributed by atoms with E-state index in [4.69, 9.17) is 28.9 Å². The highest BCUT2D eigenvalue weighted by molar-refractivity contribution is 6.40. The molecule has 0 radical (unpaired) electrons. The number of fused-ring (bicyclic) bond motifs is 1. The molecular formula is C24H31Cl2N5O4. The summed E-state index contributed by atoms with van der Waals surface area (Å²) in [6.07, 6.45) is 1.79. The first-order valence-electron chi connectivity index (χ1n) is 11.5. The number of benzene rings is 1. The molecule has 4 amide bonds. The minimum Gasteiger partial charge on any atom is -0.368 e. The smallest absolute Gasteiger partial charge is 0.268 e. The largest absolute Gasteiger partial charge is 0.368 e. The third kappa shape index (κ3) is 6.89. The summed E-state index contributed by atoms with van der Waals surface area (Å²) in [6, 6.07) is 2.83. The van der Waals surface area contributed by atoms with E-state index in [1.165, 1.54) is 0 Å². The van der Waals surface area contributed by atoms with Crippen LogP contribution in [-0.4, -0.2) is 47.2 Å². The van der Waals surface area contributed by atoms with Crippen LogP contribution in [-0.2, 0) is 14.4 Å². The number of hydrogen-bond acceptors (Lipinski definition) is 4. The van der Waals surface area contributed by atoms with E-state index in [1.807, 2.05) is 20.8 Å². The lowest BCUT2D eigenvalue weighted by molar-refractivity contribution is -0.131. The number of hydrogen-bond donors (Lipinski definition) is 5. The van der Waals surface area contributed by atoms with Crippen molar-refractivity contribution in [3.05, 3.63) is 33.9 Å². The molecule has 2 heterocycles. The number of aromatic amines is 1. The van der Waals surface area contributed by atoms with Crippen molar-refractivity contribution in [3.63, 3.8) is 0 Å². The second kappa shape index (κ2) is 10.9. The monoisotopic (exact) mass is 523 g/mol. The Morgan fingerprint density at radius 3 is 2.43 bits per heavy atom. The molecule has 3 rings (SSSR count). The van der Waals surface area contributed by atoms with Gasteiger partial charge in [0.1, 0.15) is 17.8 Å². The number of primary amides is 1. The fourth-order valence-electron chi connectivity index (χ4n) is 4.19. The number of carbonyl (C=O) groups excluding carboxylic acids is 4. The van der Waals surface area contributed by atoms with Gasteiger partial charge in [0.15, 0.2) is 0 Å². The molecule has 1 aromatic carbocycles. The van der Waals surface area contributed by atoms with Crippen LogP contribution in [0, 0.1) is 11.3 Å². The van der Waals surface area contributed by atoms with E-state index < -0.39 is 35.7 Å². The van der Waals surface area contributed by atoms with Gasteiger partial charge in [0, 0.05) is 17.8 Å². The maximum atomic E-state index is 13.2. The van der Waals surface area contributed by atoms with Gasteiger partial charge < -0.3 is 26.7 Å². The third-order valence-corrected chi connectivity index (χ3v) is 6.60. The summed E-state index contributed by atoms with van der Waals surface area (Å²) >= 11 is 12.4. The summed E-state index contributed by atoms with van der Waals surface area (Å²) < 4.78 is 0. The average molecular weight is 524 g/mol. The van der Waals surface area contributed by atoms with Crippen LogP contribution in [0.2, 0.25) is 10.0 Å². The lowest BCUT2D eigenvalue weighted by atomic mass is 9.87. The first-order valence-corrected chi connectivity index (χ1v) is 12.3. The molecule has 1 aliphatic rings. The SMILES string of the molecule is CC(C)(C)C[C@H](NC(=O)c1cc2c(Cl)ccc(Cl)c2[nH]1)C(=O)N[C@@H](C[C@@H]1CCCNC1=O)C(N)=O. The van der Waals surface area contributed by atoms with Crippen molar-refractivity contribution in [2.75, 3.05) is 6.54 Å². The number of amides is 4. The van der Waals surface area contributed by atoms with Crippen LogP contribution in [0.5, 0.6) is 0 Å². The second-order valence-corrected chi connectivity index (χ2v) is 10.9. The number of halogens is 2. The van der Waals surface area contributed by atoms with Crippen LogP contribution in [0.3, 0.4) is 0 Å². The lowest BCUT2D eigenvalue weighted by Crippen LogP contribution is -2.55. The van der Waals surface area contributed by atoms with Gasteiger partial charge in [-0.25, -0.2) is 0 Å². The molecule has 11 heteroatoms. The molecule has 6 N–H and O–H groups in total. The van der Waals surface area contributed by atoms with Crippen molar-refractivity contribution in [2.24, 2.45) is 17.1 Å².